The Bertz CT molecular complexity index is 2950. The molecule has 724 valence electrons. The summed E-state index contributed by atoms with van der Waals surface area (Å²) in [5.74, 6) is -7.49. The number of carboxylic acids is 1. The SMILES string of the molecule is CCCCCCCCCCCCC/C=C/[C@@H](O)[C@H](CO[C@@H]1OC(CO)[C@@H](O[C@@H]2OC(CO)[C@H](O)[C@H](O[C@@H]3OC(CO)[C@@H](O)[C@H](O[C@@H]4OC(CO)[C@H](O)[C@H](O[C@@H]5OC(CO)[C@H](O)[C@H](O[C@]6(C(=O)O)CC(O)[C@@H](NC(C)=O)C([C@H](O)[C@H](O)CO)O6)C5O)C4O)C3NC(C)=O)C2O)[C@H](O)C1O)NC(=O)CCCCCCCCCCCCCCCCCCCCCCC. The molecular formula is C85H153N3O36. The maximum Gasteiger partial charge on any atom is 0.364 e. The van der Waals surface area contributed by atoms with Gasteiger partial charge in [-0.3, -0.25) is 14.4 Å². The number of ether oxygens (including phenoxy) is 12. The summed E-state index contributed by atoms with van der Waals surface area (Å²) in [6.45, 7) is -0.669. The van der Waals surface area contributed by atoms with Crippen molar-refractivity contribution in [3.63, 3.8) is 0 Å². The van der Waals surface area contributed by atoms with Gasteiger partial charge in [0, 0.05) is 26.7 Å². The third-order valence-corrected chi connectivity index (χ3v) is 24.2. The number of allylic oxidation sites excluding steroid dienone is 1. The number of carbonyl (C=O) groups is 4. The lowest BCUT2D eigenvalue weighted by atomic mass is 9.88. The Morgan fingerprint density at radius 2 is 0.782 bits per heavy atom. The maximum absolute atomic E-state index is 13.6. The number of rotatable bonds is 61. The van der Waals surface area contributed by atoms with Crippen LogP contribution in [0, 0.1) is 0 Å². The predicted octanol–water partition coefficient (Wildman–Crippen LogP) is -0.878. The first-order chi connectivity index (χ1) is 59.5. The summed E-state index contributed by atoms with van der Waals surface area (Å²) in [5, 5.41) is 232. The second-order valence-corrected chi connectivity index (χ2v) is 34.2. The van der Waals surface area contributed by atoms with Crippen molar-refractivity contribution in [3.05, 3.63) is 12.2 Å². The maximum atomic E-state index is 13.6. The van der Waals surface area contributed by atoms with Gasteiger partial charge >= 0.3 is 5.97 Å². The molecule has 0 spiro atoms. The van der Waals surface area contributed by atoms with E-state index in [1.165, 1.54) is 148 Å². The first-order valence-electron chi connectivity index (χ1n) is 45.6. The van der Waals surface area contributed by atoms with Gasteiger partial charge in [-0.2, -0.15) is 0 Å². The Balaban J connectivity index is 1.10. The number of hydrogen-bond donors (Lipinski definition) is 23. The Morgan fingerprint density at radius 1 is 0.419 bits per heavy atom. The summed E-state index contributed by atoms with van der Waals surface area (Å²) < 4.78 is 70.8. The molecule has 6 saturated heterocycles. The van der Waals surface area contributed by atoms with Crippen molar-refractivity contribution in [3.8, 4) is 0 Å². The molecule has 0 saturated carbocycles. The largest absolute Gasteiger partial charge is 0.477 e. The van der Waals surface area contributed by atoms with E-state index in [2.05, 4.69) is 29.8 Å². The zero-order chi connectivity index (χ0) is 91.0. The highest BCUT2D eigenvalue weighted by atomic mass is 16.8. The fourth-order valence-corrected chi connectivity index (χ4v) is 16.9. The Labute approximate surface area is 727 Å². The first kappa shape index (κ1) is 109. The van der Waals surface area contributed by atoms with Crippen LogP contribution in [0.2, 0.25) is 0 Å². The molecule has 6 heterocycles. The Kier molecular flexibility index (Phi) is 51.3. The van der Waals surface area contributed by atoms with Crippen LogP contribution in [0.5, 0.6) is 0 Å². The molecular weight excluding hydrogens is 1640 g/mol. The molecule has 0 aliphatic carbocycles. The fourth-order valence-electron chi connectivity index (χ4n) is 16.9. The number of aliphatic hydroxyl groups is 19. The van der Waals surface area contributed by atoms with Crippen molar-refractivity contribution in [1.82, 2.24) is 16.0 Å². The number of carbonyl (C=O) groups excluding carboxylic acids is 3. The highest BCUT2D eigenvalue weighted by molar-refractivity contribution is 5.77. The van der Waals surface area contributed by atoms with Gasteiger partial charge in [0.1, 0.15) is 140 Å². The molecule has 0 bridgehead atoms. The fraction of sp³-hybridized carbons (Fsp3) is 0.929. The lowest BCUT2D eigenvalue weighted by molar-refractivity contribution is -0.394. The number of aliphatic hydroxyl groups excluding tert-OH is 19. The number of unbranched alkanes of at least 4 members (excludes halogenated alkanes) is 31. The quantitative estimate of drug-likeness (QED) is 0.0260. The molecule has 23 N–H and O–H groups in total. The van der Waals surface area contributed by atoms with Crippen molar-refractivity contribution in [2.24, 2.45) is 0 Å². The summed E-state index contributed by atoms with van der Waals surface area (Å²) in [6.07, 6.45) is -18.7. The average Bonchev–Trinajstić information content (AvgIpc) is 0.748. The summed E-state index contributed by atoms with van der Waals surface area (Å²) >= 11 is 0. The normalized spacial score (nSPS) is 35.2. The summed E-state index contributed by atoms with van der Waals surface area (Å²) in [7, 11) is 0. The van der Waals surface area contributed by atoms with Crippen LogP contribution in [0.25, 0.3) is 0 Å². The number of amides is 3. The standard InChI is InChI=1S/C85H153N3O36/c1-5-7-9-11-13-15-17-19-20-21-22-23-24-25-26-28-30-32-34-36-38-40-60(100)88-51(52(97)39-37-35-33-31-29-27-18-16-14-12-10-8-6-2)48-113-80-69(107)68(106)73(59(47-94)118-80)119-81-70(108)76(65(103)56(44-91)115-81)121-79-62(87-50(4)96)74(64(102)55(43-90)114-79)120-82-71(109)77(66(104)57(45-92)116-82)122-83-72(110)78(67(105)58(46-93)117-83)124-85(84(111)112)41-53(98)61(86-49(3)95)75(123-85)63(101)54(99)42-89/h37,39,51-59,61-83,89-94,97-99,101-110H,5-36,38,40-48H2,1-4H3,(H,86,95)(H,87,96)(H,88,100)(H,111,112)/b39-37+/t51-,52+,53?,54+,55?,56?,57?,58?,59?,61+,62?,63+,64+,65-,66-,67-,68+,69?,70?,71?,72?,73+,74+,75?,76-,77-,78-,79-,80+,81-,82-,83-,85-/m0/s1. The lowest BCUT2D eigenvalue weighted by Gasteiger charge is -2.51. The minimum atomic E-state index is -3.25. The van der Waals surface area contributed by atoms with Crippen molar-refractivity contribution >= 4 is 23.7 Å². The molecule has 0 radical (unpaired) electrons. The van der Waals surface area contributed by atoms with Crippen LogP contribution in [-0.2, 0) is 76.0 Å². The van der Waals surface area contributed by atoms with E-state index in [0.717, 1.165) is 65.2 Å². The second-order valence-electron chi connectivity index (χ2n) is 34.2. The summed E-state index contributed by atoms with van der Waals surface area (Å²) in [6, 6.07) is -4.71. The number of carboxylic acid groups (broad SMARTS) is 1. The third kappa shape index (κ3) is 33.6. The van der Waals surface area contributed by atoms with Gasteiger partial charge in [0.25, 0.3) is 5.79 Å². The molecule has 0 aromatic carbocycles. The monoisotopic (exact) mass is 1790 g/mol. The molecule has 0 aromatic rings. The van der Waals surface area contributed by atoms with Gasteiger partial charge in [-0.05, 0) is 19.3 Å². The van der Waals surface area contributed by atoms with E-state index < -0.39 is 272 Å². The highest BCUT2D eigenvalue weighted by Crippen LogP contribution is 2.41. The second kappa shape index (κ2) is 58.3. The predicted molar refractivity (Wildman–Crippen MR) is 439 cm³/mol. The van der Waals surface area contributed by atoms with Crippen molar-refractivity contribution < 1.29 is 178 Å². The van der Waals surface area contributed by atoms with Gasteiger partial charge in [-0.25, -0.2) is 4.79 Å². The molecule has 3 amide bonds. The summed E-state index contributed by atoms with van der Waals surface area (Å²) in [5.41, 5.74) is 0. The van der Waals surface area contributed by atoms with Gasteiger partial charge in [0.15, 0.2) is 31.5 Å². The van der Waals surface area contributed by atoms with E-state index in [9.17, 15) is 121 Å². The number of nitrogens with one attached hydrogen (secondary N) is 3. The van der Waals surface area contributed by atoms with E-state index in [1.54, 1.807) is 6.08 Å². The van der Waals surface area contributed by atoms with Crippen LogP contribution < -0.4 is 16.0 Å². The average molecular weight is 1790 g/mol. The van der Waals surface area contributed by atoms with Gasteiger partial charge in [-0.1, -0.05) is 219 Å². The van der Waals surface area contributed by atoms with E-state index in [1.807, 2.05) is 6.08 Å². The first-order valence-corrected chi connectivity index (χ1v) is 45.6. The number of hydrogen-bond acceptors (Lipinski definition) is 35. The van der Waals surface area contributed by atoms with E-state index in [4.69, 9.17) is 56.8 Å². The molecule has 6 rings (SSSR count). The molecule has 0 aromatic heterocycles. The molecule has 6 aliphatic heterocycles. The third-order valence-electron chi connectivity index (χ3n) is 24.2. The smallest absolute Gasteiger partial charge is 0.364 e. The minimum absolute atomic E-state index is 0.157. The van der Waals surface area contributed by atoms with E-state index >= 15 is 0 Å². The van der Waals surface area contributed by atoms with Crippen LogP contribution in [0.1, 0.15) is 252 Å². The number of aliphatic carboxylic acids is 1. The lowest BCUT2D eigenvalue weighted by Crippen LogP contribution is -2.71. The van der Waals surface area contributed by atoms with Crippen LogP contribution in [0.3, 0.4) is 0 Å². The molecule has 39 nitrogen and oxygen atoms in total. The Hall–Kier alpha value is -3.62. The van der Waals surface area contributed by atoms with E-state index in [0.29, 0.717) is 12.8 Å². The molecule has 39 heteroatoms. The zero-order valence-corrected chi connectivity index (χ0v) is 72.8. The molecule has 124 heavy (non-hydrogen) atoms. The molecule has 6 aliphatic rings. The van der Waals surface area contributed by atoms with Gasteiger partial charge < -0.3 is 175 Å². The van der Waals surface area contributed by atoms with E-state index in [-0.39, 0.29) is 12.3 Å². The van der Waals surface area contributed by atoms with Crippen LogP contribution in [0.15, 0.2) is 12.2 Å². The van der Waals surface area contributed by atoms with Gasteiger partial charge in [0.05, 0.1) is 70.5 Å². The zero-order valence-electron chi connectivity index (χ0n) is 72.8. The molecule has 12 unspecified atom stereocenters. The van der Waals surface area contributed by atoms with Gasteiger partial charge in [-0.15, -0.1) is 0 Å². The molecule has 6 fully saturated rings. The topological polar surface area (TPSA) is 620 Å². The van der Waals surface area contributed by atoms with Crippen LogP contribution in [-0.4, -0.2) is 374 Å². The van der Waals surface area contributed by atoms with Crippen molar-refractivity contribution in [1.29, 1.82) is 0 Å². The minimum Gasteiger partial charge on any atom is -0.477 e. The molecule has 33 atom stereocenters. The van der Waals surface area contributed by atoms with Crippen LogP contribution >= 0.6 is 0 Å². The van der Waals surface area contributed by atoms with Crippen molar-refractivity contribution in [2.45, 2.75) is 454 Å². The van der Waals surface area contributed by atoms with Crippen molar-refractivity contribution in [2.75, 3.05) is 46.2 Å². The highest BCUT2D eigenvalue weighted by Gasteiger charge is 2.62. The summed E-state index contributed by atoms with van der Waals surface area (Å²) in [4.78, 5) is 52.2. The van der Waals surface area contributed by atoms with Crippen LogP contribution in [0.4, 0.5) is 0 Å². The van der Waals surface area contributed by atoms with Gasteiger partial charge in [0.2, 0.25) is 17.7 Å². The Morgan fingerprint density at radius 3 is 1.20 bits per heavy atom.